The largest absolute Gasteiger partial charge is 0.480 e. The van der Waals surface area contributed by atoms with Gasteiger partial charge in [-0.05, 0) is 0 Å². The van der Waals surface area contributed by atoms with Crippen LogP contribution in [0.5, 0.6) is 0 Å². The van der Waals surface area contributed by atoms with Crippen LogP contribution in [0.15, 0.2) is 0 Å². The van der Waals surface area contributed by atoms with E-state index in [2.05, 4.69) is 16.6 Å². The number of carbonyl (C=O) groups is 2. The Balaban J connectivity index is 3.20. The Morgan fingerprint density at radius 1 is 1.40 bits per heavy atom. The Morgan fingerprint density at radius 3 is 2.40 bits per heavy atom. The van der Waals surface area contributed by atoms with Gasteiger partial charge < -0.3 is 14.6 Å². The van der Waals surface area contributed by atoms with Gasteiger partial charge in [-0.3, -0.25) is 0 Å². The predicted molar refractivity (Wildman–Crippen MR) is 29.9 cm³/mol. The van der Waals surface area contributed by atoms with Gasteiger partial charge in [-0.2, -0.15) is 0 Å². The molecule has 0 fully saturated rings. The van der Waals surface area contributed by atoms with Crippen LogP contribution < -0.4 is 0 Å². The number of esters is 1. The fourth-order valence-electron chi connectivity index (χ4n) is 0.263. The highest BCUT2D eigenvalue weighted by Crippen LogP contribution is 1.78. The van der Waals surface area contributed by atoms with Gasteiger partial charge in [0.15, 0.2) is 0 Å². The number of carboxylic acids is 1. The van der Waals surface area contributed by atoms with E-state index in [4.69, 9.17) is 5.11 Å². The van der Waals surface area contributed by atoms with E-state index in [0.29, 0.717) is 0 Å². The number of ether oxygens (including phenoxy) is 2. The average molecular weight is 147 g/mol. The molecule has 0 aromatic heterocycles. The fraction of sp³-hybridized carbons (Fsp3) is 0.400. The number of hydrogen-bond acceptors (Lipinski definition) is 4. The van der Waals surface area contributed by atoms with Crippen molar-refractivity contribution in [3.63, 3.8) is 0 Å². The van der Waals surface area contributed by atoms with Gasteiger partial charge in [0.2, 0.25) is 0 Å². The second kappa shape index (κ2) is 4.75. The molecule has 0 unspecified atom stereocenters. The Labute approximate surface area is 57.5 Å². The highest BCUT2D eigenvalue weighted by atomic mass is 16.6. The third-order valence-corrected chi connectivity index (χ3v) is 0.606. The zero-order valence-corrected chi connectivity index (χ0v) is 5.20. The molecule has 1 N–H and O–H groups in total. The van der Waals surface area contributed by atoms with Gasteiger partial charge in [0.25, 0.3) is 0 Å². The summed E-state index contributed by atoms with van der Waals surface area (Å²) in [6.07, 6.45) is 0. The van der Waals surface area contributed by atoms with Crippen molar-refractivity contribution >= 4 is 11.9 Å². The van der Waals surface area contributed by atoms with Crippen LogP contribution in [0.3, 0.4) is 0 Å². The second-order valence-electron chi connectivity index (χ2n) is 1.40. The Morgan fingerprint density at radius 2 is 2.00 bits per heavy atom. The summed E-state index contributed by atoms with van der Waals surface area (Å²) in [5, 5.41) is 8.01. The number of aliphatic carboxylic acids is 1. The lowest BCUT2D eigenvalue weighted by Crippen LogP contribution is -2.14. The van der Waals surface area contributed by atoms with Crippen LogP contribution in [-0.2, 0) is 19.1 Å². The first-order chi connectivity index (χ1) is 4.66. The van der Waals surface area contributed by atoms with Crippen molar-refractivity contribution in [3.8, 4) is 0 Å². The number of carboxylic acid groups (broad SMARTS) is 1. The minimum absolute atomic E-state index is 0.379. The molecule has 0 aromatic carbocycles. The molecule has 0 rings (SSSR count). The molecule has 0 spiro atoms. The van der Waals surface area contributed by atoms with Crippen molar-refractivity contribution in [1.82, 2.24) is 0 Å². The summed E-state index contributed by atoms with van der Waals surface area (Å²) in [7, 11) is 2.81. The van der Waals surface area contributed by atoms with Crippen LogP contribution in [0.2, 0.25) is 0 Å². The number of rotatable bonds is 4. The van der Waals surface area contributed by atoms with E-state index < -0.39 is 18.5 Å². The summed E-state index contributed by atoms with van der Waals surface area (Å²) in [5.41, 5.74) is 0. The molecule has 0 saturated carbocycles. The molecule has 0 bridgehead atoms. The lowest BCUT2D eigenvalue weighted by atomic mass is 10.7. The normalized spacial score (nSPS) is 8.90. The Hall–Kier alpha value is -1.10. The van der Waals surface area contributed by atoms with E-state index in [1.54, 1.807) is 0 Å². The SMILES string of the molecule is [CH2]OC(=O)COCC(=O)O. The molecule has 0 aliphatic heterocycles. The van der Waals surface area contributed by atoms with Gasteiger partial charge in [-0.1, -0.05) is 0 Å². The van der Waals surface area contributed by atoms with Crippen molar-refractivity contribution in [2.24, 2.45) is 0 Å². The smallest absolute Gasteiger partial charge is 0.332 e. The first-order valence-electron chi connectivity index (χ1n) is 2.41. The molecule has 0 aromatic rings. The van der Waals surface area contributed by atoms with E-state index in [1.165, 1.54) is 0 Å². The number of hydrogen-bond donors (Lipinski definition) is 1. The monoisotopic (exact) mass is 147 g/mol. The van der Waals surface area contributed by atoms with Crippen molar-refractivity contribution < 1.29 is 24.2 Å². The summed E-state index contributed by atoms with van der Waals surface area (Å²) < 4.78 is 8.26. The Bertz CT molecular complexity index is 130. The molecule has 57 valence electrons. The molecule has 1 radical (unpaired) electrons. The molecule has 0 saturated heterocycles. The Kier molecular flexibility index (Phi) is 4.23. The lowest BCUT2D eigenvalue weighted by molar-refractivity contribution is -0.149. The van der Waals surface area contributed by atoms with Crippen LogP contribution in [0.25, 0.3) is 0 Å². The lowest BCUT2D eigenvalue weighted by Gasteiger charge is -1.97. The summed E-state index contributed by atoms with van der Waals surface area (Å²) in [6, 6.07) is 0. The molecule has 0 atom stereocenters. The fourth-order valence-corrected chi connectivity index (χ4v) is 0.263. The van der Waals surface area contributed by atoms with Gasteiger partial charge in [0, 0.05) is 0 Å². The average Bonchev–Trinajstić information content (AvgIpc) is 1.87. The zero-order chi connectivity index (χ0) is 7.98. The zero-order valence-electron chi connectivity index (χ0n) is 5.20. The summed E-state index contributed by atoms with van der Waals surface area (Å²) in [5.74, 6) is -1.82. The van der Waals surface area contributed by atoms with E-state index >= 15 is 0 Å². The third kappa shape index (κ3) is 5.04. The summed E-state index contributed by atoms with van der Waals surface area (Å²) in [6.45, 7) is -0.884. The van der Waals surface area contributed by atoms with E-state index in [-0.39, 0.29) is 6.61 Å². The number of carbonyl (C=O) groups excluding carboxylic acids is 1. The summed E-state index contributed by atoms with van der Waals surface area (Å²) >= 11 is 0. The van der Waals surface area contributed by atoms with Gasteiger partial charge in [0.1, 0.15) is 20.3 Å². The van der Waals surface area contributed by atoms with Crippen LogP contribution in [-0.4, -0.2) is 30.3 Å². The molecule has 10 heavy (non-hydrogen) atoms. The van der Waals surface area contributed by atoms with Crippen LogP contribution in [0.4, 0.5) is 0 Å². The first kappa shape index (κ1) is 8.90. The van der Waals surface area contributed by atoms with Crippen LogP contribution in [0, 0.1) is 7.11 Å². The summed E-state index contributed by atoms with van der Waals surface area (Å²) in [4.78, 5) is 20.0. The van der Waals surface area contributed by atoms with Crippen LogP contribution in [0.1, 0.15) is 0 Å². The van der Waals surface area contributed by atoms with Crippen LogP contribution >= 0.6 is 0 Å². The molecular weight excluding hydrogens is 140 g/mol. The molecule has 0 aliphatic carbocycles. The highest BCUT2D eigenvalue weighted by Gasteiger charge is 2.01. The molecule has 5 heteroatoms. The standard InChI is InChI=1S/C5H7O5/c1-9-5(8)3-10-2-4(6)7/h1-3H2,(H,6,7). The van der Waals surface area contributed by atoms with Gasteiger partial charge in [0.05, 0.1) is 0 Å². The maximum Gasteiger partial charge on any atom is 0.332 e. The van der Waals surface area contributed by atoms with E-state index in [9.17, 15) is 9.59 Å². The maximum absolute atomic E-state index is 10.2. The molecule has 0 heterocycles. The maximum atomic E-state index is 10.2. The minimum Gasteiger partial charge on any atom is -0.480 e. The third-order valence-electron chi connectivity index (χ3n) is 0.606. The van der Waals surface area contributed by atoms with E-state index in [0.717, 1.165) is 0 Å². The molecule has 0 amide bonds. The quantitative estimate of drug-likeness (QED) is 0.538. The van der Waals surface area contributed by atoms with Crippen molar-refractivity contribution in [2.75, 3.05) is 13.2 Å². The molecular formula is C5H7O5. The molecule has 0 aliphatic rings. The minimum atomic E-state index is -1.13. The van der Waals surface area contributed by atoms with Gasteiger partial charge in [-0.25, -0.2) is 9.59 Å². The first-order valence-corrected chi connectivity index (χ1v) is 2.41. The highest BCUT2D eigenvalue weighted by molar-refractivity contribution is 5.72. The van der Waals surface area contributed by atoms with Crippen molar-refractivity contribution in [1.29, 1.82) is 0 Å². The van der Waals surface area contributed by atoms with Crippen molar-refractivity contribution in [3.05, 3.63) is 7.11 Å². The van der Waals surface area contributed by atoms with Crippen molar-refractivity contribution in [2.45, 2.75) is 0 Å². The molecule has 5 nitrogen and oxygen atoms in total. The predicted octanol–water partition coefficient (Wildman–Crippen LogP) is -0.578. The second-order valence-corrected chi connectivity index (χ2v) is 1.40. The van der Waals surface area contributed by atoms with Gasteiger partial charge in [-0.15, -0.1) is 0 Å². The van der Waals surface area contributed by atoms with Gasteiger partial charge >= 0.3 is 11.9 Å². The van der Waals surface area contributed by atoms with E-state index in [1.807, 2.05) is 0 Å². The topological polar surface area (TPSA) is 72.8 Å².